The number of ether oxygens (including phenoxy) is 3. The van der Waals surface area contributed by atoms with Crippen molar-refractivity contribution in [1.82, 2.24) is 0 Å². The van der Waals surface area contributed by atoms with Gasteiger partial charge in [0.1, 0.15) is 13.2 Å². The third kappa shape index (κ3) is 67.8. The molecule has 6 nitrogen and oxygen atoms in total. The number of rotatable bonds is 66. The number of unbranched alkanes of at least 4 members (excludes halogenated alkanes) is 45. The molecule has 0 heterocycles. The van der Waals surface area contributed by atoms with Crippen LogP contribution in [0.1, 0.15) is 380 Å². The summed E-state index contributed by atoms with van der Waals surface area (Å²) in [7, 11) is 0. The molecule has 1 unspecified atom stereocenters. The van der Waals surface area contributed by atoms with Crippen molar-refractivity contribution < 1.29 is 28.6 Å². The largest absolute Gasteiger partial charge is 0.462 e. The Morgan fingerprint density at radius 2 is 0.481 bits per heavy atom. The van der Waals surface area contributed by atoms with Gasteiger partial charge in [-0.25, -0.2) is 0 Å². The van der Waals surface area contributed by atoms with Crippen LogP contribution in [0.25, 0.3) is 0 Å². The number of allylic oxidation sites excluding steroid dienone is 10. The number of esters is 3. The van der Waals surface area contributed by atoms with Gasteiger partial charge in [0, 0.05) is 19.3 Å². The Balaban J connectivity index is 4.19. The third-order valence-electron chi connectivity index (χ3n) is 16.0. The molecule has 0 aliphatic rings. The molecule has 0 saturated heterocycles. The average molecular weight is 1130 g/mol. The van der Waals surface area contributed by atoms with Crippen LogP contribution in [0.2, 0.25) is 0 Å². The van der Waals surface area contributed by atoms with Gasteiger partial charge in [-0.2, -0.15) is 0 Å². The van der Waals surface area contributed by atoms with Gasteiger partial charge in [0.25, 0.3) is 0 Å². The summed E-state index contributed by atoms with van der Waals surface area (Å²) >= 11 is 0. The quantitative estimate of drug-likeness (QED) is 0.0261. The number of hydrogen-bond donors (Lipinski definition) is 0. The van der Waals surface area contributed by atoms with Crippen LogP contribution in [-0.4, -0.2) is 37.2 Å². The van der Waals surface area contributed by atoms with Crippen molar-refractivity contribution in [3.8, 4) is 0 Å². The van der Waals surface area contributed by atoms with Crippen LogP contribution in [-0.2, 0) is 28.6 Å². The maximum absolute atomic E-state index is 12.9. The summed E-state index contributed by atoms with van der Waals surface area (Å²) in [4.78, 5) is 38.4. The lowest BCUT2D eigenvalue weighted by molar-refractivity contribution is -0.167. The normalized spacial score (nSPS) is 12.4. The fraction of sp³-hybridized carbons (Fsp3) is 0.827. The van der Waals surface area contributed by atoms with E-state index in [0.29, 0.717) is 19.3 Å². The molecular weight excluding hydrogens is 997 g/mol. The monoisotopic (exact) mass is 1130 g/mol. The summed E-state index contributed by atoms with van der Waals surface area (Å²) in [5, 5.41) is 0. The zero-order valence-electron chi connectivity index (χ0n) is 54.3. The van der Waals surface area contributed by atoms with E-state index in [9.17, 15) is 14.4 Å². The molecule has 472 valence electrons. The van der Waals surface area contributed by atoms with E-state index < -0.39 is 6.10 Å². The topological polar surface area (TPSA) is 78.9 Å². The molecule has 0 aromatic carbocycles. The summed E-state index contributed by atoms with van der Waals surface area (Å²) < 4.78 is 17.0. The third-order valence-corrected chi connectivity index (χ3v) is 16.0. The van der Waals surface area contributed by atoms with Gasteiger partial charge >= 0.3 is 17.9 Å². The van der Waals surface area contributed by atoms with Crippen molar-refractivity contribution >= 4 is 17.9 Å². The van der Waals surface area contributed by atoms with E-state index in [2.05, 4.69) is 81.5 Å². The molecule has 0 aliphatic heterocycles. The van der Waals surface area contributed by atoms with Crippen LogP contribution in [0.3, 0.4) is 0 Å². The Kier molecular flexibility index (Phi) is 67.1. The predicted octanol–water partition coefficient (Wildman–Crippen LogP) is 24.7. The van der Waals surface area contributed by atoms with Crippen LogP contribution in [0.15, 0.2) is 60.8 Å². The molecule has 6 heteroatoms. The van der Waals surface area contributed by atoms with Crippen LogP contribution >= 0.6 is 0 Å². The highest BCUT2D eigenvalue weighted by atomic mass is 16.6. The highest BCUT2D eigenvalue weighted by Gasteiger charge is 2.19. The molecule has 0 aromatic heterocycles. The van der Waals surface area contributed by atoms with E-state index in [1.165, 1.54) is 244 Å². The summed E-state index contributed by atoms with van der Waals surface area (Å²) in [6.07, 6.45) is 89.8. The van der Waals surface area contributed by atoms with Crippen LogP contribution < -0.4 is 0 Å². The van der Waals surface area contributed by atoms with Gasteiger partial charge in [0.2, 0.25) is 0 Å². The van der Waals surface area contributed by atoms with Gasteiger partial charge in [-0.3, -0.25) is 14.4 Å². The van der Waals surface area contributed by atoms with Gasteiger partial charge in [0.05, 0.1) is 0 Å². The summed E-state index contributed by atoms with van der Waals surface area (Å²) in [6, 6.07) is 0. The molecule has 0 spiro atoms. The standard InChI is InChI=1S/C75H136O6/c1-4-7-10-13-16-19-22-25-28-30-31-32-33-34-35-36-37-38-39-40-41-42-43-45-47-50-53-56-59-62-65-68-74(77)80-71-72(70-79-73(76)67-64-61-58-55-52-49-46-27-24-21-18-15-12-9-6-3)81-75(78)69-66-63-60-57-54-51-48-44-29-26-23-20-17-14-11-8-5-2/h9,12,18,21,26-27,29-31,46,72H,4-8,10-11,13-17,19-20,22-25,28,32-45,47-71H2,1-3H3/b12-9-,21-18-,29-26-,31-30-,46-27-. The Hall–Kier alpha value is -2.89. The molecule has 0 fully saturated rings. The van der Waals surface area contributed by atoms with Crippen LogP contribution in [0.4, 0.5) is 0 Å². The lowest BCUT2D eigenvalue weighted by Gasteiger charge is -2.18. The van der Waals surface area contributed by atoms with E-state index in [1.54, 1.807) is 0 Å². The summed E-state index contributed by atoms with van der Waals surface area (Å²) in [5.41, 5.74) is 0. The fourth-order valence-electron chi connectivity index (χ4n) is 10.6. The zero-order chi connectivity index (χ0) is 58.5. The van der Waals surface area contributed by atoms with Crippen molar-refractivity contribution in [2.75, 3.05) is 13.2 Å². The fourth-order valence-corrected chi connectivity index (χ4v) is 10.6. The Bertz CT molecular complexity index is 1440. The van der Waals surface area contributed by atoms with Crippen molar-refractivity contribution in [3.05, 3.63) is 60.8 Å². The van der Waals surface area contributed by atoms with Gasteiger partial charge in [-0.05, 0) is 103 Å². The molecule has 0 saturated carbocycles. The highest BCUT2D eigenvalue weighted by molar-refractivity contribution is 5.71. The first-order chi connectivity index (χ1) is 40.0. The van der Waals surface area contributed by atoms with Gasteiger partial charge in [0.15, 0.2) is 6.10 Å². The minimum absolute atomic E-state index is 0.0782. The predicted molar refractivity (Wildman–Crippen MR) is 353 cm³/mol. The van der Waals surface area contributed by atoms with Gasteiger partial charge < -0.3 is 14.2 Å². The molecule has 0 rings (SSSR count). The smallest absolute Gasteiger partial charge is 0.306 e. The second-order valence-electron chi connectivity index (χ2n) is 24.1. The number of carbonyl (C=O) groups excluding carboxylic acids is 3. The molecular formula is C75H136O6. The summed E-state index contributed by atoms with van der Waals surface area (Å²) in [6.45, 7) is 6.56. The minimum atomic E-state index is -0.784. The molecule has 0 aliphatic carbocycles. The van der Waals surface area contributed by atoms with Crippen molar-refractivity contribution in [1.29, 1.82) is 0 Å². The van der Waals surface area contributed by atoms with Gasteiger partial charge in [-0.15, -0.1) is 0 Å². The molecule has 81 heavy (non-hydrogen) atoms. The Morgan fingerprint density at radius 3 is 0.765 bits per heavy atom. The molecule has 0 amide bonds. The Labute approximate surface area is 504 Å². The highest BCUT2D eigenvalue weighted by Crippen LogP contribution is 2.18. The first-order valence-electron chi connectivity index (χ1n) is 35.8. The zero-order valence-corrected chi connectivity index (χ0v) is 54.3. The minimum Gasteiger partial charge on any atom is -0.462 e. The van der Waals surface area contributed by atoms with Crippen molar-refractivity contribution in [3.63, 3.8) is 0 Å². The molecule has 0 bridgehead atoms. The second kappa shape index (κ2) is 69.6. The van der Waals surface area contributed by atoms with Crippen molar-refractivity contribution in [2.45, 2.75) is 386 Å². The average Bonchev–Trinajstić information content (AvgIpc) is 3.47. The lowest BCUT2D eigenvalue weighted by atomic mass is 10.0. The van der Waals surface area contributed by atoms with E-state index in [-0.39, 0.29) is 31.1 Å². The SMILES string of the molecule is CC/C=C\C/C=C\C/C=C\CCCCCCCC(=O)OCC(COC(=O)CCCCCCCCCCCCCCCCCCCCC/C=C\CCCCCCCCCC)OC(=O)CCCCCCCCC/C=C\CCCCCCCC. The number of hydrogen-bond acceptors (Lipinski definition) is 6. The second-order valence-corrected chi connectivity index (χ2v) is 24.1. The number of carbonyl (C=O) groups is 3. The maximum atomic E-state index is 12.9. The first-order valence-corrected chi connectivity index (χ1v) is 35.8. The van der Waals surface area contributed by atoms with E-state index >= 15 is 0 Å². The van der Waals surface area contributed by atoms with E-state index in [4.69, 9.17) is 14.2 Å². The first kappa shape index (κ1) is 78.1. The molecule has 1 atom stereocenters. The van der Waals surface area contributed by atoms with E-state index in [1.807, 2.05) is 0 Å². The molecule has 0 N–H and O–H groups in total. The lowest BCUT2D eigenvalue weighted by Crippen LogP contribution is -2.30. The van der Waals surface area contributed by atoms with Gasteiger partial charge in [-0.1, -0.05) is 319 Å². The van der Waals surface area contributed by atoms with Crippen LogP contribution in [0, 0.1) is 0 Å². The van der Waals surface area contributed by atoms with E-state index in [0.717, 1.165) is 96.3 Å². The van der Waals surface area contributed by atoms with Crippen molar-refractivity contribution in [2.24, 2.45) is 0 Å². The molecule has 0 aromatic rings. The molecule has 0 radical (unpaired) electrons. The maximum Gasteiger partial charge on any atom is 0.306 e. The summed E-state index contributed by atoms with van der Waals surface area (Å²) in [5.74, 6) is -0.878. The van der Waals surface area contributed by atoms with Crippen LogP contribution in [0.5, 0.6) is 0 Å². The Morgan fingerprint density at radius 1 is 0.259 bits per heavy atom.